The molecule has 3 atom stereocenters. The molecule has 0 aromatic heterocycles. The van der Waals surface area contributed by atoms with Crippen LogP contribution >= 0.6 is 0 Å². The van der Waals surface area contributed by atoms with Gasteiger partial charge in [0.15, 0.2) is 11.6 Å². The van der Waals surface area contributed by atoms with Crippen LogP contribution in [0.2, 0.25) is 0 Å². The lowest BCUT2D eigenvalue weighted by molar-refractivity contribution is -0.128. The quantitative estimate of drug-likeness (QED) is 0.384. The fraction of sp³-hybridized carbons (Fsp3) is 0.600. The molecule has 1 aromatic carbocycles. The number of Topliss-reactive ketones (excluding diaryl/α,β-unsaturated/α-hetero) is 2. The van der Waals surface area contributed by atoms with Gasteiger partial charge in [-0.05, 0) is 95.6 Å². The lowest BCUT2D eigenvalue weighted by Gasteiger charge is -2.60. The highest BCUT2D eigenvalue weighted by Gasteiger charge is 2.62. The molecule has 3 heteroatoms. The minimum atomic E-state index is -0.806. The van der Waals surface area contributed by atoms with Gasteiger partial charge in [0, 0.05) is 12.8 Å². The first-order valence-corrected chi connectivity index (χ1v) is 14.5. The predicted octanol–water partition coefficient (Wildman–Crippen LogP) is 9.00. The van der Waals surface area contributed by atoms with Crippen molar-refractivity contribution in [1.29, 1.82) is 0 Å². The third-order valence-corrected chi connectivity index (χ3v) is 10.5. The SMILES string of the molecule is C=C1C2=C(C)[C@@]3(C)C(O)=C(C(=O)CC(C)(C)CCC)C(=O)C[C@@]3(C)C[C@@]2(C)Cc2c(C(C)C)ccc(C)c21. The number of carbonyl (C=O) groups is 2. The van der Waals surface area contributed by atoms with E-state index >= 15 is 0 Å². The van der Waals surface area contributed by atoms with Crippen LogP contribution in [0.4, 0.5) is 0 Å². The molecule has 0 aliphatic heterocycles. The Morgan fingerprint density at radius 2 is 1.76 bits per heavy atom. The van der Waals surface area contributed by atoms with E-state index in [1.165, 1.54) is 27.8 Å². The lowest BCUT2D eigenvalue weighted by Crippen LogP contribution is -2.54. The van der Waals surface area contributed by atoms with Crippen molar-refractivity contribution in [2.75, 3.05) is 0 Å². The molecule has 3 aliphatic carbocycles. The second-order valence-corrected chi connectivity index (χ2v) is 14.4. The van der Waals surface area contributed by atoms with E-state index in [1.54, 1.807) is 0 Å². The van der Waals surface area contributed by atoms with E-state index in [2.05, 4.69) is 87.9 Å². The molecule has 0 radical (unpaired) electrons. The maximum absolute atomic E-state index is 13.6. The summed E-state index contributed by atoms with van der Waals surface area (Å²) in [6.45, 7) is 26.2. The molecule has 0 spiro atoms. The molecule has 1 aromatic rings. The largest absolute Gasteiger partial charge is 0.510 e. The van der Waals surface area contributed by atoms with Gasteiger partial charge in [-0.3, -0.25) is 9.59 Å². The number of aliphatic hydroxyl groups excluding tert-OH is 1. The summed E-state index contributed by atoms with van der Waals surface area (Å²) in [5.41, 5.74) is 6.83. The maximum atomic E-state index is 13.6. The number of aliphatic hydroxyl groups is 1. The van der Waals surface area contributed by atoms with Crippen molar-refractivity contribution >= 4 is 17.1 Å². The van der Waals surface area contributed by atoms with Gasteiger partial charge in [0.25, 0.3) is 0 Å². The molecule has 0 saturated carbocycles. The Balaban J connectivity index is 1.94. The first-order chi connectivity index (χ1) is 17.4. The molecule has 0 bridgehead atoms. The summed E-state index contributed by atoms with van der Waals surface area (Å²) >= 11 is 0. The molecular formula is C35H48O3. The molecule has 0 amide bonds. The van der Waals surface area contributed by atoms with E-state index in [1.807, 2.05) is 0 Å². The van der Waals surface area contributed by atoms with Crippen molar-refractivity contribution in [3.63, 3.8) is 0 Å². The molecule has 206 valence electrons. The zero-order valence-electron chi connectivity index (χ0n) is 25.4. The number of rotatable bonds is 6. The highest BCUT2D eigenvalue weighted by atomic mass is 16.3. The van der Waals surface area contributed by atoms with Gasteiger partial charge in [-0.25, -0.2) is 0 Å². The number of benzene rings is 1. The number of hydrogen-bond acceptors (Lipinski definition) is 3. The van der Waals surface area contributed by atoms with Crippen LogP contribution in [0.5, 0.6) is 0 Å². The molecule has 0 fully saturated rings. The third-order valence-electron chi connectivity index (χ3n) is 10.5. The standard InChI is InChI=1S/C35H48O3/c1-12-15-32(7,8)17-26(36)29-27(37)18-34(10)19-33(9)16-25-24(20(2)3)14-13-21(4)28(25)22(5)30(33)23(6)35(34,11)31(29)38/h13-14,20,38H,5,12,15-19H2,1-4,6-11H3/t33-,34+,35+/m1/s1. The van der Waals surface area contributed by atoms with Gasteiger partial charge in [-0.2, -0.15) is 0 Å². The summed E-state index contributed by atoms with van der Waals surface area (Å²) in [5, 5.41) is 11.9. The van der Waals surface area contributed by atoms with Gasteiger partial charge in [-0.1, -0.05) is 79.2 Å². The Morgan fingerprint density at radius 1 is 1.13 bits per heavy atom. The number of carbonyl (C=O) groups excluding carboxylic acids is 2. The van der Waals surface area contributed by atoms with E-state index in [4.69, 9.17) is 0 Å². The second-order valence-electron chi connectivity index (χ2n) is 14.4. The van der Waals surface area contributed by atoms with E-state index in [-0.39, 0.29) is 46.6 Å². The van der Waals surface area contributed by atoms with Gasteiger partial charge in [0.05, 0.1) is 11.0 Å². The van der Waals surface area contributed by atoms with E-state index < -0.39 is 10.8 Å². The van der Waals surface area contributed by atoms with Crippen molar-refractivity contribution < 1.29 is 14.7 Å². The molecule has 0 unspecified atom stereocenters. The Bertz CT molecular complexity index is 1300. The number of hydrogen-bond donors (Lipinski definition) is 1. The smallest absolute Gasteiger partial charge is 0.170 e. The fourth-order valence-corrected chi connectivity index (χ4v) is 8.57. The van der Waals surface area contributed by atoms with Crippen molar-refractivity contribution in [2.24, 2.45) is 21.7 Å². The van der Waals surface area contributed by atoms with Gasteiger partial charge in [0.1, 0.15) is 5.76 Å². The Morgan fingerprint density at radius 3 is 2.34 bits per heavy atom. The topological polar surface area (TPSA) is 54.4 Å². The summed E-state index contributed by atoms with van der Waals surface area (Å²) in [6, 6.07) is 4.47. The summed E-state index contributed by atoms with van der Waals surface area (Å²) < 4.78 is 0. The van der Waals surface area contributed by atoms with Gasteiger partial charge < -0.3 is 5.11 Å². The van der Waals surface area contributed by atoms with Crippen molar-refractivity contribution in [3.05, 3.63) is 63.4 Å². The van der Waals surface area contributed by atoms with Crippen LogP contribution in [0.3, 0.4) is 0 Å². The highest BCUT2D eigenvalue weighted by molar-refractivity contribution is 6.21. The Hall–Kier alpha value is -2.42. The van der Waals surface area contributed by atoms with Crippen LogP contribution in [0.1, 0.15) is 123 Å². The summed E-state index contributed by atoms with van der Waals surface area (Å²) in [4.78, 5) is 27.2. The third kappa shape index (κ3) is 3.98. The van der Waals surface area contributed by atoms with Gasteiger partial charge in [-0.15, -0.1) is 0 Å². The number of aryl methyl sites for hydroxylation is 1. The van der Waals surface area contributed by atoms with Crippen molar-refractivity contribution in [3.8, 4) is 0 Å². The monoisotopic (exact) mass is 516 g/mol. The molecule has 4 rings (SSSR count). The second kappa shape index (κ2) is 9.07. The van der Waals surface area contributed by atoms with Crippen LogP contribution in [-0.4, -0.2) is 16.7 Å². The van der Waals surface area contributed by atoms with E-state index in [0.717, 1.165) is 36.8 Å². The molecular weight excluding hydrogens is 468 g/mol. The lowest BCUT2D eigenvalue weighted by atomic mass is 9.43. The first-order valence-electron chi connectivity index (χ1n) is 14.5. The zero-order valence-corrected chi connectivity index (χ0v) is 25.4. The minimum absolute atomic E-state index is 0.0214. The van der Waals surface area contributed by atoms with Crippen molar-refractivity contribution in [1.82, 2.24) is 0 Å². The van der Waals surface area contributed by atoms with Gasteiger partial charge >= 0.3 is 0 Å². The molecule has 3 nitrogen and oxygen atoms in total. The van der Waals surface area contributed by atoms with Crippen LogP contribution < -0.4 is 0 Å². The Kier molecular flexibility index (Phi) is 6.82. The van der Waals surface area contributed by atoms with E-state index in [9.17, 15) is 14.7 Å². The zero-order chi connectivity index (χ0) is 28.6. The number of fused-ring (bicyclic) bond motifs is 3. The molecule has 38 heavy (non-hydrogen) atoms. The van der Waals surface area contributed by atoms with Crippen molar-refractivity contribution in [2.45, 2.75) is 114 Å². The summed E-state index contributed by atoms with van der Waals surface area (Å²) in [5.74, 6) is -0.0311. The van der Waals surface area contributed by atoms with Crippen LogP contribution in [-0.2, 0) is 16.0 Å². The van der Waals surface area contributed by atoms with Crippen LogP contribution in [0.25, 0.3) is 5.57 Å². The highest BCUT2D eigenvalue weighted by Crippen LogP contribution is 2.68. The fourth-order valence-electron chi connectivity index (χ4n) is 8.57. The molecule has 0 heterocycles. The molecule has 0 saturated heterocycles. The number of allylic oxidation sites excluding steroid dienone is 4. The predicted molar refractivity (Wildman–Crippen MR) is 157 cm³/mol. The Labute approximate surface area is 230 Å². The average Bonchev–Trinajstić information content (AvgIpc) is 2.75. The molecule has 3 aliphatic rings. The summed E-state index contributed by atoms with van der Waals surface area (Å²) in [6.07, 6.45) is 4.06. The molecule has 1 N–H and O–H groups in total. The van der Waals surface area contributed by atoms with Crippen LogP contribution in [0.15, 0.2) is 41.2 Å². The average molecular weight is 517 g/mol. The van der Waals surface area contributed by atoms with Gasteiger partial charge in [0.2, 0.25) is 0 Å². The summed E-state index contributed by atoms with van der Waals surface area (Å²) in [7, 11) is 0. The van der Waals surface area contributed by atoms with Crippen LogP contribution in [0, 0.1) is 28.6 Å². The normalized spacial score (nSPS) is 29.4. The minimum Gasteiger partial charge on any atom is -0.510 e. The maximum Gasteiger partial charge on any atom is 0.170 e. The van der Waals surface area contributed by atoms with E-state index in [0.29, 0.717) is 5.92 Å². The first kappa shape index (κ1) is 28.6. The number of ketones is 2.